The summed E-state index contributed by atoms with van der Waals surface area (Å²) in [5, 5.41) is 11.8. The third-order valence-electron chi connectivity index (χ3n) is 3.98. The predicted octanol–water partition coefficient (Wildman–Crippen LogP) is 0.181. The van der Waals surface area contributed by atoms with Gasteiger partial charge in [-0.1, -0.05) is 6.42 Å². The highest BCUT2D eigenvalue weighted by atomic mass is 32.2. The Kier molecular flexibility index (Phi) is 4.13. The van der Waals surface area contributed by atoms with Crippen molar-refractivity contribution >= 4 is 21.7 Å². The minimum atomic E-state index is -3.06. The van der Waals surface area contributed by atoms with Crippen LogP contribution in [0.25, 0.3) is 0 Å². The van der Waals surface area contributed by atoms with Gasteiger partial charge in [-0.05, 0) is 25.7 Å². The smallest absolute Gasteiger partial charge is 0.307 e. The van der Waals surface area contributed by atoms with Crippen molar-refractivity contribution in [2.24, 2.45) is 11.8 Å². The molecular weight excluding hydrogens is 270 g/mol. The van der Waals surface area contributed by atoms with Gasteiger partial charge in [-0.2, -0.15) is 0 Å². The number of hydrogen-bond acceptors (Lipinski definition) is 4. The SMILES string of the molecule is O=C(O)[C@H]1CCC[C@H]1C(=O)NC1CCCS(=O)(=O)C1. The van der Waals surface area contributed by atoms with Gasteiger partial charge >= 0.3 is 5.97 Å². The molecule has 2 fully saturated rings. The van der Waals surface area contributed by atoms with Crippen LogP contribution in [-0.2, 0) is 19.4 Å². The molecule has 1 amide bonds. The second-order valence-corrected chi connectivity index (χ2v) is 7.67. The maximum absolute atomic E-state index is 12.1. The van der Waals surface area contributed by atoms with Crippen LogP contribution in [0, 0.1) is 11.8 Å². The average Bonchev–Trinajstić information content (AvgIpc) is 2.76. The van der Waals surface area contributed by atoms with Gasteiger partial charge < -0.3 is 10.4 Å². The van der Waals surface area contributed by atoms with Crippen molar-refractivity contribution < 1.29 is 23.1 Å². The molecule has 0 aromatic rings. The van der Waals surface area contributed by atoms with Crippen LogP contribution in [0.15, 0.2) is 0 Å². The van der Waals surface area contributed by atoms with Crippen molar-refractivity contribution in [2.75, 3.05) is 11.5 Å². The van der Waals surface area contributed by atoms with Gasteiger partial charge in [0.05, 0.1) is 23.3 Å². The predicted molar refractivity (Wildman–Crippen MR) is 68.3 cm³/mol. The standard InChI is InChI=1S/C12H19NO5S/c14-11(9-4-1-5-10(9)12(15)16)13-8-3-2-6-19(17,18)7-8/h8-10H,1-7H2,(H,13,14)(H,15,16)/t8?,9-,10+/m1/s1. The number of carbonyl (C=O) groups excluding carboxylic acids is 1. The summed E-state index contributed by atoms with van der Waals surface area (Å²) in [7, 11) is -3.06. The molecule has 1 aliphatic heterocycles. The lowest BCUT2D eigenvalue weighted by Crippen LogP contribution is -2.46. The Morgan fingerprint density at radius 3 is 2.37 bits per heavy atom. The highest BCUT2D eigenvalue weighted by molar-refractivity contribution is 7.91. The Labute approximate surface area is 112 Å². The van der Waals surface area contributed by atoms with Crippen LogP contribution in [-0.4, -0.2) is 42.9 Å². The summed E-state index contributed by atoms with van der Waals surface area (Å²) in [6.07, 6.45) is 3.03. The maximum Gasteiger partial charge on any atom is 0.307 e. The Morgan fingerprint density at radius 1 is 1.05 bits per heavy atom. The van der Waals surface area contributed by atoms with E-state index in [0.717, 1.165) is 6.42 Å². The Hall–Kier alpha value is -1.11. The van der Waals surface area contributed by atoms with Crippen molar-refractivity contribution in [3.63, 3.8) is 0 Å². The van der Waals surface area contributed by atoms with Gasteiger partial charge in [0.2, 0.25) is 5.91 Å². The van der Waals surface area contributed by atoms with E-state index in [4.69, 9.17) is 5.11 Å². The molecule has 0 radical (unpaired) electrons. The highest BCUT2D eigenvalue weighted by Gasteiger charge is 2.39. The maximum atomic E-state index is 12.1. The van der Waals surface area contributed by atoms with Crippen molar-refractivity contribution in [1.29, 1.82) is 0 Å². The van der Waals surface area contributed by atoms with Gasteiger partial charge in [-0.3, -0.25) is 9.59 Å². The first-order chi connectivity index (χ1) is 8.89. The Morgan fingerprint density at radius 2 is 1.74 bits per heavy atom. The van der Waals surface area contributed by atoms with Crippen LogP contribution in [0.3, 0.4) is 0 Å². The molecule has 1 heterocycles. The molecule has 7 heteroatoms. The number of amides is 1. The lowest BCUT2D eigenvalue weighted by Gasteiger charge is -2.25. The number of carboxylic acids is 1. The van der Waals surface area contributed by atoms with E-state index in [0.29, 0.717) is 25.7 Å². The second kappa shape index (κ2) is 5.48. The van der Waals surface area contributed by atoms with Crippen LogP contribution in [0.1, 0.15) is 32.1 Å². The van der Waals surface area contributed by atoms with Crippen molar-refractivity contribution in [3.05, 3.63) is 0 Å². The summed E-state index contributed by atoms with van der Waals surface area (Å²) in [4.78, 5) is 23.1. The molecule has 19 heavy (non-hydrogen) atoms. The second-order valence-electron chi connectivity index (χ2n) is 5.44. The minimum absolute atomic E-state index is 0.0246. The van der Waals surface area contributed by atoms with E-state index in [1.807, 2.05) is 0 Å². The molecule has 1 aliphatic carbocycles. The monoisotopic (exact) mass is 289 g/mol. The largest absolute Gasteiger partial charge is 0.481 e. The topological polar surface area (TPSA) is 101 Å². The minimum Gasteiger partial charge on any atom is -0.481 e. The first-order valence-electron chi connectivity index (χ1n) is 6.62. The zero-order chi connectivity index (χ0) is 14.0. The van der Waals surface area contributed by atoms with Gasteiger partial charge in [0.1, 0.15) is 0 Å². The van der Waals surface area contributed by atoms with Crippen LogP contribution in [0.2, 0.25) is 0 Å². The number of carbonyl (C=O) groups is 2. The summed E-state index contributed by atoms with van der Waals surface area (Å²) in [6.45, 7) is 0. The molecule has 0 aromatic carbocycles. The molecule has 108 valence electrons. The van der Waals surface area contributed by atoms with E-state index in [1.54, 1.807) is 0 Å². The Balaban J connectivity index is 1.95. The number of sulfone groups is 1. The zero-order valence-corrected chi connectivity index (χ0v) is 11.5. The zero-order valence-electron chi connectivity index (χ0n) is 10.7. The average molecular weight is 289 g/mol. The Bertz CT molecular complexity index is 473. The molecule has 1 saturated heterocycles. The number of nitrogens with one attached hydrogen (secondary N) is 1. The summed E-state index contributed by atoms with van der Waals surface area (Å²) in [5.74, 6) is -2.22. The molecule has 0 aromatic heterocycles. The lowest BCUT2D eigenvalue weighted by atomic mass is 9.95. The van der Waals surface area contributed by atoms with Gasteiger partial charge in [-0.25, -0.2) is 8.42 Å². The van der Waals surface area contributed by atoms with E-state index in [2.05, 4.69) is 5.32 Å². The van der Waals surface area contributed by atoms with Gasteiger partial charge in [0.25, 0.3) is 0 Å². The fourth-order valence-corrected chi connectivity index (χ4v) is 4.65. The van der Waals surface area contributed by atoms with Crippen LogP contribution < -0.4 is 5.32 Å². The summed E-state index contributed by atoms with van der Waals surface area (Å²) in [5.41, 5.74) is 0. The van der Waals surface area contributed by atoms with Crippen molar-refractivity contribution in [3.8, 4) is 0 Å². The fraction of sp³-hybridized carbons (Fsp3) is 0.833. The third-order valence-corrected chi connectivity index (χ3v) is 5.80. The molecule has 1 unspecified atom stereocenters. The molecular formula is C12H19NO5S. The van der Waals surface area contributed by atoms with Crippen LogP contribution in [0.5, 0.6) is 0 Å². The molecule has 1 saturated carbocycles. The number of carboxylic acid groups (broad SMARTS) is 1. The van der Waals surface area contributed by atoms with Crippen LogP contribution >= 0.6 is 0 Å². The highest BCUT2D eigenvalue weighted by Crippen LogP contribution is 2.32. The summed E-state index contributed by atoms with van der Waals surface area (Å²) in [6, 6.07) is -0.360. The number of aliphatic carboxylic acids is 1. The molecule has 2 rings (SSSR count). The van der Waals surface area contributed by atoms with E-state index < -0.39 is 27.6 Å². The molecule has 6 nitrogen and oxygen atoms in total. The van der Waals surface area contributed by atoms with E-state index in [9.17, 15) is 18.0 Å². The first-order valence-corrected chi connectivity index (χ1v) is 8.45. The van der Waals surface area contributed by atoms with Crippen LogP contribution in [0.4, 0.5) is 0 Å². The number of rotatable bonds is 3. The lowest BCUT2D eigenvalue weighted by molar-refractivity contribution is -0.146. The molecule has 2 aliphatic rings. The van der Waals surface area contributed by atoms with Crippen molar-refractivity contribution in [1.82, 2.24) is 5.32 Å². The van der Waals surface area contributed by atoms with Crippen molar-refractivity contribution in [2.45, 2.75) is 38.1 Å². The molecule has 3 atom stereocenters. The van der Waals surface area contributed by atoms with Gasteiger partial charge in [0.15, 0.2) is 9.84 Å². The first kappa shape index (κ1) is 14.3. The molecule has 2 N–H and O–H groups in total. The summed E-state index contributed by atoms with van der Waals surface area (Å²) >= 11 is 0. The third kappa shape index (κ3) is 3.46. The van der Waals surface area contributed by atoms with Gasteiger partial charge in [0, 0.05) is 6.04 Å². The van der Waals surface area contributed by atoms with E-state index in [1.165, 1.54) is 0 Å². The molecule has 0 spiro atoms. The van der Waals surface area contributed by atoms with E-state index in [-0.39, 0.29) is 23.5 Å². The van der Waals surface area contributed by atoms with Gasteiger partial charge in [-0.15, -0.1) is 0 Å². The number of hydrogen-bond donors (Lipinski definition) is 2. The quantitative estimate of drug-likeness (QED) is 0.772. The normalized spacial score (nSPS) is 33.8. The summed E-state index contributed by atoms with van der Waals surface area (Å²) < 4.78 is 23.0. The molecule has 0 bridgehead atoms. The van der Waals surface area contributed by atoms with E-state index >= 15 is 0 Å². The fourth-order valence-electron chi connectivity index (χ4n) is 3.01.